The monoisotopic (exact) mass is 1020 g/mol. The number of azo groups is 2. The van der Waals surface area contributed by atoms with Crippen molar-refractivity contribution in [3.63, 3.8) is 0 Å². The molecule has 0 saturated heterocycles. The van der Waals surface area contributed by atoms with Crippen molar-refractivity contribution in [3.05, 3.63) is 132 Å². The van der Waals surface area contributed by atoms with Gasteiger partial charge in [0.2, 0.25) is 0 Å². The van der Waals surface area contributed by atoms with Crippen LogP contribution in [0.1, 0.15) is 214 Å². The number of rotatable bonds is 40. The number of unbranched alkanes of at least 4 members (excludes halogenated alkanes) is 26. The summed E-state index contributed by atoms with van der Waals surface area (Å²) in [6.07, 6.45) is 37.1. The van der Waals surface area contributed by atoms with Gasteiger partial charge in [-0.3, -0.25) is 0 Å². The lowest BCUT2D eigenvalue weighted by atomic mass is 10.0. The molecule has 0 atom stereocenters. The van der Waals surface area contributed by atoms with Crippen LogP contribution >= 0.6 is 0 Å². The Hall–Kier alpha value is -6.23. The first-order valence-electron chi connectivity index (χ1n) is 28.6. The number of hydrogen-bond acceptors (Lipinski definition) is 10. The largest absolute Gasteiger partial charge is 0.494 e. The van der Waals surface area contributed by atoms with Gasteiger partial charge in [0, 0.05) is 6.07 Å². The van der Waals surface area contributed by atoms with Crippen LogP contribution in [0.2, 0.25) is 0 Å². The summed E-state index contributed by atoms with van der Waals surface area (Å²) in [5.74, 6) is -1.06. The normalized spacial score (nSPS) is 11.4. The van der Waals surface area contributed by atoms with Crippen molar-refractivity contribution in [2.24, 2.45) is 20.5 Å². The smallest absolute Gasteiger partial charge is 0.343 e. The molecule has 0 aliphatic rings. The molecule has 5 aromatic carbocycles. The number of carbonyl (C=O) groups excluding carboxylic acids is 2. The first-order valence-corrected chi connectivity index (χ1v) is 28.6. The molecule has 404 valence electrons. The van der Waals surface area contributed by atoms with Crippen molar-refractivity contribution in [2.75, 3.05) is 13.2 Å². The average molecular weight is 1030 g/mol. The van der Waals surface area contributed by atoms with Crippen molar-refractivity contribution in [3.8, 4) is 23.0 Å². The van der Waals surface area contributed by atoms with Crippen LogP contribution in [0.25, 0.3) is 0 Å². The van der Waals surface area contributed by atoms with E-state index in [0.29, 0.717) is 36.0 Å². The highest BCUT2D eigenvalue weighted by Gasteiger charge is 2.16. The average Bonchev–Trinajstić information content (AvgIpc) is 3.43. The Morgan fingerprint density at radius 1 is 0.347 bits per heavy atom. The van der Waals surface area contributed by atoms with Gasteiger partial charge in [-0.15, -0.1) is 0 Å². The van der Waals surface area contributed by atoms with E-state index in [2.05, 4.69) is 34.3 Å². The first kappa shape index (κ1) is 59.6. The van der Waals surface area contributed by atoms with Crippen LogP contribution in [0.4, 0.5) is 27.1 Å². The summed E-state index contributed by atoms with van der Waals surface area (Å²) in [6.45, 7) is 5.93. The Bertz CT molecular complexity index is 2370. The minimum Gasteiger partial charge on any atom is -0.494 e. The molecular formula is C64H85FN4O6. The predicted octanol–water partition coefficient (Wildman–Crippen LogP) is 20.8. The van der Waals surface area contributed by atoms with Gasteiger partial charge in [0.1, 0.15) is 17.2 Å². The fraction of sp³-hybridized carbons (Fsp3) is 0.500. The summed E-state index contributed by atoms with van der Waals surface area (Å²) in [4.78, 5) is 26.0. The minimum atomic E-state index is -0.796. The van der Waals surface area contributed by atoms with Gasteiger partial charge in [-0.2, -0.15) is 20.5 Å². The van der Waals surface area contributed by atoms with Crippen LogP contribution in [0.3, 0.4) is 0 Å². The zero-order valence-electron chi connectivity index (χ0n) is 45.3. The topological polar surface area (TPSA) is 121 Å². The molecule has 0 radical (unpaired) electrons. The van der Waals surface area contributed by atoms with E-state index in [1.54, 1.807) is 36.4 Å². The fourth-order valence-corrected chi connectivity index (χ4v) is 8.70. The summed E-state index contributed by atoms with van der Waals surface area (Å²) < 4.78 is 37.5. The van der Waals surface area contributed by atoms with Gasteiger partial charge in [0.15, 0.2) is 11.6 Å². The lowest BCUT2D eigenvalue weighted by Gasteiger charge is -2.09. The second-order valence-corrected chi connectivity index (χ2v) is 19.7. The van der Waals surface area contributed by atoms with Crippen LogP contribution in [0.15, 0.2) is 136 Å². The lowest BCUT2D eigenvalue weighted by molar-refractivity contribution is 0.0726. The molecule has 0 heterocycles. The Morgan fingerprint density at radius 2 is 0.627 bits per heavy atom. The van der Waals surface area contributed by atoms with Crippen LogP contribution < -0.4 is 18.9 Å². The number of halogens is 1. The second kappa shape index (κ2) is 37.5. The third kappa shape index (κ3) is 25.7. The van der Waals surface area contributed by atoms with E-state index in [1.165, 1.54) is 185 Å². The Morgan fingerprint density at radius 3 is 0.960 bits per heavy atom. The van der Waals surface area contributed by atoms with E-state index < -0.39 is 17.8 Å². The molecule has 0 aliphatic heterocycles. The maximum absolute atomic E-state index is 14.8. The van der Waals surface area contributed by atoms with Gasteiger partial charge < -0.3 is 18.9 Å². The summed E-state index contributed by atoms with van der Waals surface area (Å²) in [5, 5.41) is 17.2. The standard InChI is InChI=1S/C64H85FN4O6/c1-3-5-7-9-11-13-15-17-19-21-23-25-27-29-49-72-58-43-39-56(40-44-58)68-66-54-35-31-52(32-36-54)63(70)74-60-47-48-61(65)62(51-60)75-64(71)53-33-37-55(38-34-53)67-69-57-41-45-59(46-42-57)73-50-30-28-26-24-22-20-18-16-14-12-10-8-6-4-2/h31-48,51H,3-30,49-50H2,1-2H3. The van der Waals surface area contributed by atoms with E-state index in [-0.39, 0.29) is 22.6 Å². The van der Waals surface area contributed by atoms with Crippen molar-refractivity contribution in [1.82, 2.24) is 0 Å². The molecule has 0 aliphatic carbocycles. The van der Waals surface area contributed by atoms with E-state index in [4.69, 9.17) is 18.9 Å². The molecule has 5 aromatic rings. The van der Waals surface area contributed by atoms with Gasteiger partial charge in [-0.05, 0) is 122 Å². The molecule has 0 saturated carbocycles. The maximum Gasteiger partial charge on any atom is 0.343 e. The van der Waals surface area contributed by atoms with Crippen molar-refractivity contribution in [2.45, 2.75) is 194 Å². The van der Waals surface area contributed by atoms with Crippen LogP contribution in [-0.4, -0.2) is 25.2 Å². The van der Waals surface area contributed by atoms with Gasteiger partial charge >= 0.3 is 11.9 Å². The number of hydrogen-bond donors (Lipinski definition) is 0. The Kier molecular flexibility index (Phi) is 29.8. The van der Waals surface area contributed by atoms with Crippen LogP contribution in [0.5, 0.6) is 23.0 Å². The van der Waals surface area contributed by atoms with E-state index in [9.17, 15) is 14.0 Å². The van der Waals surface area contributed by atoms with Crippen LogP contribution in [0, 0.1) is 5.82 Å². The van der Waals surface area contributed by atoms with E-state index in [0.717, 1.165) is 36.5 Å². The molecule has 0 bridgehead atoms. The van der Waals surface area contributed by atoms with E-state index in [1.807, 2.05) is 48.5 Å². The molecule has 0 N–H and O–H groups in total. The number of ether oxygens (including phenoxy) is 4. The maximum atomic E-state index is 14.8. The zero-order chi connectivity index (χ0) is 52.8. The molecule has 11 heteroatoms. The minimum absolute atomic E-state index is 0.000329. The molecule has 10 nitrogen and oxygen atoms in total. The van der Waals surface area contributed by atoms with Crippen LogP contribution in [-0.2, 0) is 0 Å². The fourth-order valence-electron chi connectivity index (χ4n) is 8.70. The molecule has 0 spiro atoms. The van der Waals surface area contributed by atoms with E-state index >= 15 is 0 Å². The van der Waals surface area contributed by atoms with Gasteiger partial charge in [-0.25, -0.2) is 14.0 Å². The molecule has 0 aromatic heterocycles. The number of carbonyl (C=O) groups is 2. The summed E-state index contributed by atoms with van der Waals surface area (Å²) in [7, 11) is 0. The molecule has 75 heavy (non-hydrogen) atoms. The van der Waals surface area contributed by atoms with Crippen molar-refractivity contribution in [1.29, 1.82) is 0 Å². The Balaban J connectivity index is 0.935. The molecule has 0 unspecified atom stereocenters. The number of nitrogens with zero attached hydrogens (tertiary/aromatic N) is 4. The van der Waals surface area contributed by atoms with Crippen molar-refractivity contribution < 1.29 is 32.9 Å². The zero-order valence-corrected chi connectivity index (χ0v) is 45.3. The summed E-state index contributed by atoms with van der Waals surface area (Å²) in [5.41, 5.74) is 2.79. The third-order valence-corrected chi connectivity index (χ3v) is 13.3. The summed E-state index contributed by atoms with van der Waals surface area (Å²) in [6, 6.07) is 31.1. The predicted molar refractivity (Wildman–Crippen MR) is 302 cm³/mol. The first-order chi connectivity index (χ1) is 36.9. The molecule has 5 rings (SSSR count). The molecule has 0 fully saturated rings. The third-order valence-electron chi connectivity index (χ3n) is 13.3. The highest BCUT2D eigenvalue weighted by atomic mass is 19.1. The van der Waals surface area contributed by atoms with Gasteiger partial charge in [-0.1, -0.05) is 181 Å². The number of esters is 2. The summed E-state index contributed by atoms with van der Waals surface area (Å²) >= 11 is 0. The molecule has 0 amide bonds. The highest BCUT2D eigenvalue weighted by Crippen LogP contribution is 2.28. The highest BCUT2D eigenvalue weighted by molar-refractivity contribution is 5.92. The number of benzene rings is 5. The van der Waals surface area contributed by atoms with Gasteiger partial charge in [0.25, 0.3) is 0 Å². The van der Waals surface area contributed by atoms with Gasteiger partial charge in [0.05, 0.1) is 47.1 Å². The Labute approximate surface area is 448 Å². The lowest BCUT2D eigenvalue weighted by Crippen LogP contribution is -2.11. The second-order valence-electron chi connectivity index (χ2n) is 19.7. The quantitative estimate of drug-likeness (QED) is 0.0167. The molecular weight excluding hydrogens is 940 g/mol. The van der Waals surface area contributed by atoms with Crippen molar-refractivity contribution >= 4 is 34.7 Å². The SMILES string of the molecule is CCCCCCCCCCCCCCCCOc1ccc(N=Nc2ccc(C(=O)Oc3ccc(F)c(OC(=O)c4ccc(N=Nc5ccc(OCCCCCCCCCCCCCCCC)cc5)cc4)c3)cc2)cc1.